The molecule has 1 aliphatic rings. The summed E-state index contributed by atoms with van der Waals surface area (Å²) in [5.41, 5.74) is 0.364. The molecule has 0 radical (unpaired) electrons. The molecule has 2 unspecified atom stereocenters. The van der Waals surface area contributed by atoms with Crippen molar-refractivity contribution in [3.8, 4) is 0 Å². The van der Waals surface area contributed by atoms with Gasteiger partial charge in [-0.25, -0.2) is 0 Å². The largest absolute Gasteiger partial charge is 0.379 e. The topological polar surface area (TPSA) is 30.5 Å². The third kappa shape index (κ3) is 7.34. The highest BCUT2D eigenvalue weighted by Crippen LogP contribution is 2.21. The van der Waals surface area contributed by atoms with Crippen LogP contribution in [-0.4, -0.2) is 38.5 Å². The van der Waals surface area contributed by atoms with Crippen molar-refractivity contribution in [1.29, 1.82) is 0 Å². The Morgan fingerprint density at radius 3 is 2.61 bits per heavy atom. The number of hydrogen-bond acceptors (Lipinski definition) is 3. The van der Waals surface area contributed by atoms with Crippen LogP contribution in [0.2, 0.25) is 0 Å². The molecule has 1 fully saturated rings. The van der Waals surface area contributed by atoms with Gasteiger partial charge in [0.2, 0.25) is 0 Å². The third-order valence-electron chi connectivity index (χ3n) is 3.29. The van der Waals surface area contributed by atoms with Crippen molar-refractivity contribution in [3.05, 3.63) is 0 Å². The van der Waals surface area contributed by atoms with E-state index in [-0.39, 0.29) is 0 Å². The van der Waals surface area contributed by atoms with Gasteiger partial charge in [-0.1, -0.05) is 27.7 Å². The number of hydrogen-bond donors (Lipinski definition) is 1. The van der Waals surface area contributed by atoms with Crippen LogP contribution in [0.1, 0.15) is 53.4 Å². The second-order valence-electron chi connectivity index (χ2n) is 6.55. The minimum atomic E-state index is 0.318. The van der Waals surface area contributed by atoms with Crippen molar-refractivity contribution in [2.24, 2.45) is 5.41 Å². The van der Waals surface area contributed by atoms with E-state index in [1.807, 2.05) is 0 Å². The van der Waals surface area contributed by atoms with Crippen LogP contribution in [0, 0.1) is 5.41 Å². The van der Waals surface area contributed by atoms with E-state index >= 15 is 0 Å². The van der Waals surface area contributed by atoms with E-state index in [1.165, 1.54) is 12.8 Å². The Hall–Kier alpha value is -0.120. The van der Waals surface area contributed by atoms with Gasteiger partial charge in [0.05, 0.1) is 18.8 Å². The molecule has 0 spiro atoms. The summed E-state index contributed by atoms with van der Waals surface area (Å²) in [6.45, 7) is 12.6. The molecule has 1 aliphatic heterocycles. The van der Waals surface area contributed by atoms with Crippen LogP contribution in [0.3, 0.4) is 0 Å². The van der Waals surface area contributed by atoms with Crippen LogP contribution in [0.5, 0.6) is 0 Å². The molecule has 0 aliphatic carbocycles. The molecule has 3 heteroatoms. The fourth-order valence-corrected chi connectivity index (χ4v) is 2.09. The van der Waals surface area contributed by atoms with Gasteiger partial charge in [-0.3, -0.25) is 0 Å². The average molecular weight is 257 g/mol. The Morgan fingerprint density at radius 2 is 1.94 bits per heavy atom. The summed E-state index contributed by atoms with van der Waals surface area (Å²) in [7, 11) is 0. The quantitative estimate of drug-likeness (QED) is 0.678. The molecule has 3 nitrogen and oxygen atoms in total. The summed E-state index contributed by atoms with van der Waals surface area (Å²) in [6.07, 6.45) is 5.33. The molecule has 1 rings (SSSR count). The molecule has 0 aromatic rings. The van der Waals surface area contributed by atoms with Gasteiger partial charge < -0.3 is 14.8 Å². The Bertz CT molecular complexity index is 213. The van der Waals surface area contributed by atoms with Crippen molar-refractivity contribution >= 4 is 0 Å². The SMILES string of the molecule is CCCNCC1CCC(COCCC(C)(C)C)O1. The van der Waals surface area contributed by atoms with E-state index in [2.05, 4.69) is 33.0 Å². The molecule has 0 aromatic carbocycles. The highest BCUT2D eigenvalue weighted by molar-refractivity contribution is 4.75. The second kappa shape index (κ2) is 8.13. The maximum Gasteiger partial charge on any atom is 0.0813 e. The smallest absolute Gasteiger partial charge is 0.0813 e. The number of rotatable bonds is 8. The lowest BCUT2D eigenvalue weighted by Crippen LogP contribution is -2.28. The zero-order chi connectivity index (χ0) is 13.4. The fourth-order valence-electron chi connectivity index (χ4n) is 2.09. The van der Waals surface area contributed by atoms with Gasteiger partial charge >= 0.3 is 0 Å². The molecule has 0 saturated carbocycles. The first-order valence-electron chi connectivity index (χ1n) is 7.45. The summed E-state index contributed by atoms with van der Waals surface area (Å²) in [6, 6.07) is 0. The minimum absolute atomic E-state index is 0.318. The molecule has 1 heterocycles. The maximum atomic E-state index is 5.95. The standard InChI is InChI=1S/C15H31NO2/c1-5-9-16-11-13-6-7-14(18-13)12-17-10-8-15(2,3)4/h13-14,16H,5-12H2,1-4H3. The maximum absolute atomic E-state index is 5.95. The zero-order valence-corrected chi connectivity index (χ0v) is 12.6. The lowest BCUT2D eigenvalue weighted by Gasteiger charge is -2.19. The van der Waals surface area contributed by atoms with E-state index in [1.54, 1.807) is 0 Å². The molecule has 18 heavy (non-hydrogen) atoms. The van der Waals surface area contributed by atoms with E-state index in [0.717, 1.165) is 39.1 Å². The van der Waals surface area contributed by atoms with Crippen molar-refractivity contribution < 1.29 is 9.47 Å². The summed E-state index contributed by atoms with van der Waals surface area (Å²) in [4.78, 5) is 0. The molecular formula is C15H31NO2. The highest BCUT2D eigenvalue weighted by atomic mass is 16.5. The third-order valence-corrected chi connectivity index (χ3v) is 3.29. The molecule has 108 valence electrons. The Morgan fingerprint density at radius 1 is 1.22 bits per heavy atom. The van der Waals surface area contributed by atoms with Gasteiger partial charge in [0.1, 0.15) is 0 Å². The summed E-state index contributed by atoms with van der Waals surface area (Å²) < 4.78 is 11.7. The van der Waals surface area contributed by atoms with Gasteiger partial charge in [0.25, 0.3) is 0 Å². The van der Waals surface area contributed by atoms with Crippen molar-refractivity contribution in [2.75, 3.05) is 26.3 Å². The van der Waals surface area contributed by atoms with Crippen LogP contribution >= 0.6 is 0 Å². The Labute approximate surface area is 113 Å². The molecule has 0 amide bonds. The predicted octanol–water partition coefficient (Wildman–Crippen LogP) is 2.99. The van der Waals surface area contributed by atoms with Crippen molar-refractivity contribution in [3.63, 3.8) is 0 Å². The normalized spacial score (nSPS) is 24.7. The molecule has 0 bridgehead atoms. The van der Waals surface area contributed by atoms with Gasteiger partial charge in [-0.15, -0.1) is 0 Å². The van der Waals surface area contributed by atoms with Crippen molar-refractivity contribution in [2.45, 2.75) is 65.6 Å². The summed E-state index contributed by atoms with van der Waals surface area (Å²) >= 11 is 0. The minimum Gasteiger partial charge on any atom is -0.379 e. The lowest BCUT2D eigenvalue weighted by atomic mass is 9.93. The van der Waals surface area contributed by atoms with Gasteiger partial charge in [0, 0.05) is 13.2 Å². The van der Waals surface area contributed by atoms with E-state index in [0.29, 0.717) is 17.6 Å². The summed E-state index contributed by atoms with van der Waals surface area (Å²) in [5.74, 6) is 0. The van der Waals surface area contributed by atoms with Crippen LogP contribution in [0.4, 0.5) is 0 Å². The lowest BCUT2D eigenvalue weighted by molar-refractivity contribution is -0.0185. The molecule has 0 aromatic heterocycles. The molecular weight excluding hydrogens is 226 g/mol. The first kappa shape index (κ1) is 15.9. The monoisotopic (exact) mass is 257 g/mol. The summed E-state index contributed by atoms with van der Waals surface area (Å²) in [5, 5.41) is 3.42. The second-order valence-corrected chi connectivity index (χ2v) is 6.55. The van der Waals surface area contributed by atoms with Gasteiger partial charge in [-0.05, 0) is 37.6 Å². The number of nitrogens with one attached hydrogen (secondary N) is 1. The highest BCUT2D eigenvalue weighted by Gasteiger charge is 2.24. The zero-order valence-electron chi connectivity index (χ0n) is 12.6. The predicted molar refractivity (Wildman–Crippen MR) is 75.9 cm³/mol. The number of ether oxygens (including phenoxy) is 2. The van der Waals surface area contributed by atoms with Gasteiger partial charge in [0.15, 0.2) is 0 Å². The molecule has 2 atom stereocenters. The fraction of sp³-hybridized carbons (Fsp3) is 1.00. The molecule has 1 N–H and O–H groups in total. The van der Waals surface area contributed by atoms with E-state index in [4.69, 9.17) is 9.47 Å². The first-order chi connectivity index (χ1) is 8.51. The Balaban J connectivity index is 2.01. The van der Waals surface area contributed by atoms with E-state index in [9.17, 15) is 0 Å². The van der Waals surface area contributed by atoms with E-state index < -0.39 is 0 Å². The van der Waals surface area contributed by atoms with Gasteiger partial charge in [-0.2, -0.15) is 0 Å². The van der Waals surface area contributed by atoms with Crippen LogP contribution in [0.25, 0.3) is 0 Å². The van der Waals surface area contributed by atoms with Crippen molar-refractivity contribution in [1.82, 2.24) is 5.32 Å². The van der Waals surface area contributed by atoms with Crippen LogP contribution in [-0.2, 0) is 9.47 Å². The molecule has 1 saturated heterocycles. The first-order valence-corrected chi connectivity index (χ1v) is 7.45. The van der Waals surface area contributed by atoms with Crippen LogP contribution < -0.4 is 5.32 Å². The Kier molecular flexibility index (Phi) is 7.20. The average Bonchev–Trinajstić information content (AvgIpc) is 2.72. The van der Waals surface area contributed by atoms with Crippen LogP contribution in [0.15, 0.2) is 0 Å².